The summed E-state index contributed by atoms with van der Waals surface area (Å²) in [6, 6.07) is 0. The molecule has 4 saturated carbocycles. The predicted octanol–water partition coefficient (Wildman–Crippen LogP) is 2.01. The number of amides is 1. The summed E-state index contributed by atoms with van der Waals surface area (Å²) in [5.41, 5.74) is 6.73. The molecule has 0 aromatic heterocycles. The first-order valence-electron chi connectivity index (χ1n) is 8.00. The van der Waals surface area contributed by atoms with Gasteiger partial charge in [-0.25, -0.2) is 0 Å². The van der Waals surface area contributed by atoms with Crippen LogP contribution in [0.1, 0.15) is 44.9 Å². The van der Waals surface area contributed by atoms with Crippen LogP contribution in [0.5, 0.6) is 0 Å². The fourth-order valence-corrected chi connectivity index (χ4v) is 6.49. The number of nitrogens with zero attached hydrogens (tertiary/aromatic N) is 1. The Morgan fingerprint density at radius 3 is 2.05 bits per heavy atom. The van der Waals surface area contributed by atoms with Crippen LogP contribution in [0.15, 0.2) is 0 Å². The van der Waals surface area contributed by atoms with E-state index in [1.54, 1.807) is 0 Å². The number of carbonyl (C=O) groups excluding carboxylic acids is 1. The molecule has 1 atom stereocenters. The molecule has 1 saturated heterocycles. The molecule has 5 fully saturated rings. The van der Waals surface area contributed by atoms with E-state index < -0.39 is 0 Å². The first-order chi connectivity index (χ1) is 9.06. The topological polar surface area (TPSA) is 46.3 Å². The van der Waals surface area contributed by atoms with Crippen LogP contribution in [0.4, 0.5) is 0 Å². The van der Waals surface area contributed by atoms with Crippen molar-refractivity contribution < 1.29 is 4.79 Å². The second kappa shape index (κ2) is 3.75. The Kier molecular flexibility index (Phi) is 2.41. The molecule has 1 aliphatic heterocycles. The van der Waals surface area contributed by atoms with Gasteiger partial charge in [0.2, 0.25) is 5.91 Å². The summed E-state index contributed by atoms with van der Waals surface area (Å²) >= 11 is 0. The second-order valence-electron chi connectivity index (χ2n) is 8.11. The van der Waals surface area contributed by atoms with E-state index in [0.717, 1.165) is 24.3 Å². The van der Waals surface area contributed by atoms with Crippen molar-refractivity contribution in [1.82, 2.24) is 4.90 Å². The molecule has 0 aromatic rings. The molecule has 0 aromatic carbocycles. The van der Waals surface area contributed by atoms with Crippen LogP contribution in [-0.2, 0) is 4.79 Å². The van der Waals surface area contributed by atoms with Gasteiger partial charge in [0, 0.05) is 32.0 Å². The van der Waals surface area contributed by atoms with Crippen molar-refractivity contribution in [2.45, 2.75) is 44.9 Å². The van der Waals surface area contributed by atoms with Crippen molar-refractivity contribution in [2.24, 2.45) is 34.3 Å². The number of hydrogen-bond acceptors (Lipinski definition) is 2. The Hall–Kier alpha value is -0.570. The van der Waals surface area contributed by atoms with Gasteiger partial charge in [0.15, 0.2) is 0 Å². The van der Waals surface area contributed by atoms with E-state index in [1.165, 1.54) is 38.5 Å². The van der Waals surface area contributed by atoms with Gasteiger partial charge in [-0.2, -0.15) is 0 Å². The van der Waals surface area contributed by atoms with Crippen molar-refractivity contribution in [2.75, 3.05) is 20.1 Å². The standard InChI is InChI=1S/C16H26N2O/c1-18-10-16(9-17,8-14(18)19)15-5-11-2-12(6-15)4-13(3-11)7-15/h11-13H,2-10,17H2,1H3. The maximum absolute atomic E-state index is 12.1. The molecular formula is C16H26N2O. The van der Waals surface area contributed by atoms with E-state index in [9.17, 15) is 4.79 Å². The van der Waals surface area contributed by atoms with Gasteiger partial charge in [-0.3, -0.25) is 4.79 Å². The Labute approximate surface area is 115 Å². The second-order valence-corrected chi connectivity index (χ2v) is 8.11. The zero-order chi connectivity index (χ0) is 13.3. The van der Waals surface area contributed by atoms with Gasteiger partial charge in [-0.1, -0.05) is 0 Å². The summed E-state index contributed by atoms with van der Waals surface area (Å²) in [6.07, 6.45) is 9.18. The van der Waals surface area contributed by atoms with Crippen LogP contribution in [0.3, 0.4) is 0 Å². The third kappa shape index (κ3) is 1.51. The highest BCUT2D eigenvalue weighted by Gasteiger charge is 2.62. The first-order valence-corrected chi connectivity index (χ1v) is 8.00. The molecule has 106 valence electrons. The zero-order valence-corrected chi connectivity index (χ0v) is 12.0. The molecule has 3 nitrogen and oxygen atoms in total. The average molecular weight is 262 g/mol. The SMILES string of the molecule is CN1CC(CN)(C23CC4CC(CC(C4)C2)C3)CC1=O. The molecule has 1 heterocycles. The molecule has 19 heavy (non-hydrogen) atoms. The Morgan fingerprint density at radius 1 is 1.16 bits per heavy atom. The maximum Gasteiger partial charge on any atom is 0.223 e. The van der Waals surface area contributed by atoms with Crippen LogP contribution < -0.4 is 5.73 Å². The Bertz CT molecular complexity index is 384. The van der Waals surface area contributed by atoms with Crippen LogP contribution in [0.2, 0.25) is 0 Å². The molecule has 1 amide bonds. The summed E-state index contributed by atoms with van der Waals surface area (Å²) in [5.74, 6) is 3.14. The number of rotatable bonds is 2. The monoisotopic (exact) mass is 262 g/mol. The lowest BCUT2D eigenvalue weighted by Crippen LogP contribution is -2.58. The van der Waals surface area contributed by atoms with Crippen molar-refractivity contribution in [1.29, 1.82) is 0 Å². The summed E-state index contributed by atoms with van der Waals surface area (Å²) in [5, 5.41) is 0. The van der Waals surface area contributed by atoms with Crippen molar-refractivity contribution in [3.05, 3.63) is 0 Å². The van der Waals surface area contributed by atoms with E-state index in [2.05, 4.69) is 0 Å². The van der Waals surface area contributed by atoms with Gasteiger partial charge in [0.1, 0.15) is 0 Å². The molecule has 2 N–H and O–H groups in total. The van der Waals surface area contributed by atoms with E-state index in [4.69, 9.17) is 5.73 Å². The molecule has 4 bridgehead atoms. The van der Waals surface area contributed by atoms with Crippen LogP contribution in [0, 0.1) is 28.6 Å². The third-order valence-corrected chi connectivity index (χ3v) is 7.01. The molecule has 5 rings (SSSR count). The molecule has 3 heteroatoms. The molecule has 1 unspecified atom stereocenters. The molecule has 0 spiro atoms. The fraction of sp³-hybridized carbons (Fsp3) is 0.938. The lowest BCUT2D eigenvalue weighted by molar-refractivity contribution is -0.132. The normalized spacial score (nSPS) is 52.2. The number of nitrogens with two attached hydrogens (primary N) is 1. The predicted molar refractivity (Wildman–Crippen MR) is 74.3 cm³/mol. The number of carbonyl (C=O) groups is 1. The average Bonchev–Trinajstić information content (AvgIpc) is 2.65. The van der Waals surface area contributed by atoms with Gasteiger partial charge in [0.25, 0.3) is 0 Å². The summed E-state index contributed by atoms with van der Waals surface area (Å²) < 4.78 is 0. The number of likely N-dealkylation sites (tertiary alicyclic amines) is 1. The highest BCUT2D eigenvalue weighted by atomic mass is 16.2. The van der Waals surface area contributed by atoms with Gasteiger partial charge in [0.05, 0.1) is 0 Å². The van der Waals surface area contributed by atoms with Crippen molar-refractivity contribution >= 4 is 5.91 Å². The van der Waals surface area contributed by atoms with Crippen molar-refractivity contribution in [3.8, 4) is 0 Å². The maximum atomic E-state index is 12.1. The van der Waals surface area contributed by atoms with Crippen LogP contribution in [-0.4, -0.2) is 30.9 Å². The van der Waals surface area contributed by atoms with Gasteiger partial charge >= 0.3 is 0 Å². The molecule has 4 aliphatic carbocycles. The largest absolute Gasteiger partial charge is 0.345 e. The lowest BCUT2D eigenvalue weighted by atomic mass is 9.42. The minimum Gasteiger partial charge on any atom is -0.345 e. The molecular weight excluding hydrogens is 236 g/mol. The number of hydrogen-bond donors (Lipinski definition) is 1. The first kappa shape index (κ1) is 12.2. The van der Waals surface area contributed by atoms with Crippen LogP contribution in [0.25, 0.3) is 0 Å². The third-order valence-electron chi connectivity index (χ3n) is 7.01. The smallest absolute Gasteiger partial charge is 0.223 e. The Morgan fingerprint density at radius 2 is 1.68 bits per heavy atom. The quantitative estimate of drug-likeness (QED) is 0.827. The van der Waals surface area contributed by atoms with Gasteiger partial charge in [-0.05, 0) is 61.7 Å². The van der Waals surface area contributed by atoms with E-state index in [0.29, 0.717) is 24.3 Å². The summed E-state index contributed by atoms with van der Waals surface area (Å²) in [4.78, 5) is 14.0. The lowest BCUT2D eigenvalue weighted by Gasteiger charge is -2.63. The molecule has 0 radical (unpaired) electrons. The minimum atomic E-state index is 0.0921. The summed E-state index contributed by atoms with van der Waals surface area (Å²) in [7, 11) is 1.96. The van der Waals surface area contributed by atoms with E-state index in [1.807, 2.05) is 11.9 Å². The highest BCUT2D eigenvalue weighted by molar-refractivity contribution is 5.79. The van der Waals surface area contributed by atoms with Crippen LogP contribution >= 0.6 is 0 Å². The highest BCUT2D eigenvalue weighted by Crippen LogP contribution is 2.67. The summed E-state index contributed by atoms with van der Waals surface area (Å²) in [6.45, 7) is 1.61. The fourth-order valence-electron chi connectivity index (χ4n) is 6.49. The van der Waals surface area contributed by atoms with E-state index >= 15 is 0 Å². The minimum absolute atomic E-state index is 0.0921. The van der Waals surface area contributed by atoms with Gasteiger partial charge in [-0.15, -0.1) is 0 Å². The molecule has 5 aliphatic rings. The van der Waals surface area contributed by atoms with Gasteiger partial charge < -0.3 is 10.6 Å². The van der Waals surface area contributed by atoms with Crippen molar-refractivity contribution in [3.63, 3.8) is 0 Å². The van der Waals surface area contributed by atoms with E-state index in [-0.39, 0.29) is 5.41 Å². The zero-order valence-electron chi connectivity index (χ0n) is 12.0. The Balaban J connectivity index is 1.72.